The lowest BCUT2D eigenvalue weighted by Crippen LogP contribution is -2.22. The van der Waals surface area contributed by atoms with E-state index in [0.717, 1.165) is 30.8 Å². The van der Waals surface area contributed by atoms with E-state index in [4.69, 9.17) is 0 Å². The van der Waals surface area contributed by atoms with Crippen molar-refractivity contribution in [3.05, 3.63) is 35.4 Å². The lowest BCUT2D eigenvalue weighted by molar-refractivity contribution is 0.0696. The van der Waals surface area contributed by atoms with E-state index < -0.39 is 5.97 Å². The molecule has 3 nitrogen and oxygen atoms in total. The predicted octanol–water partition coefficient (Wildman–Crippen LogP) is 11.6. The maximum absolute atomic E-state index is 13.4. The van der Waals surface area contributed by atoms with Crippen molar-refractivity contribution in [2.75, 3.05) is 23.0 Å². The van der Waals surface area contributed by atoms with Crippen molar-refractivity contribution in [2.45, 2.75) is 138 Å². The Labute approximate surface area is 268 Å². The van der Waals surface area contributed by atoms with Gasteiger partial charge in [-0.05, 0) is 60.8 Å². The molecule has 2 rings (SSSR count). The molecule has 0 aliphatic carbocycles. The lowest BCUT2D eigenvalue weighted by Gasteiger charge is -2.35. The summed E-state index contributed by atoms with van der Waals surface area (Å²) < 4.78 is 0.339. The van der Waals surface area contributed by atoms with E-state index in [1.165, 1.54) is 108 Å². The maximum Gasteiger partial charge on any atom is 0.335 e. The Bertz CT molecular complexity index is 824. The summed E-state index contributed by atoms with van der Waals surface area (Å²) in [6.45, 7) is 4.53. The van der Waals surface area contributed by atoms with Crippen molar-refractivity contribution in [3.63, 3.8) is 0 Å². The standard InChI is InChI=1S/C34H56O3S4/c1-3-5-7-9-11-13-15-19-31(32(35)29-20-22-30(23-21-29)33(36)37)38-25-17-26-39-34(40-27-18-28-41-34)24-16-14-12-10-8-6-4-2/h20-23,31H,3-19,24-28H2,1-2H3,(H,36,37). The quantitative estimate of drug-likeness (QED) is 0.0843. The van der Waals surface area contributed by atoms with Crippen molar-refractivity contribution >= 4 is 58.8 Å². The van der Waals surface area contributed by atoms with Gasteiger partial charge < -0.3 is 5.11 Å². The third-order valence-electron chi connectivity index (χ3n) is 7.73. The van der Waals surface area contributed by atoms with E-state index >= 15 is 0 Å². The Balaban J connectivity index is 1.82. The summed E-state index contributed by atoms with van der Waals surface area (Å²) in [4.78, 5) is 24.7. The highest BCUT2D eigenvalue weighted by Crippen LogP contribution is 2.53. The van der Waals surface area contributed by atoms with Crippen LogP contribution in [-0.2, 0) is 0 Å². The average molecular weight is 641 g/mol. The SMILES string of the molecule is CCCCCCCCCC(SCCCSC1(CCCCCCCCC)SCCCS1)C(=O)c1ccc(C(=O)O)cc1. The summed E-state index contributed by atoms with van der Waals surface area (Å²) in [5.41, 5.74) is 0.882. The molecule has 234 valence electrons. The van der Waals surface area contributed by atoms with Gasteiger partial charge in [0, 0.05) is 5.56 Å². The van der Waals surface area contributed by atoms with Crippen LogP contribution in [0.1, 0.15) is 150 Å². The van der Waals surface area contributed by atoms with Crippen LogP contribution in [0.3, 0.4) is 0 Å². The third-order valence-corrected chi connectivity index (χ3v) is 14.6. The smallest absolute Gasteiger partial charge is 0.335 e. The summed E-state index contributed by atoms with van der Waals surface area (Å²) in [5.74, 6) is 3.97. The van der Waals surface area contributed by atoms with Crippen LogP contribution in [0.4, 0.5) is 0 Å². The number of hydrogen-bond acceptors (Lipinski definition) is 6. The van der Waals surface area contributed by atoms with Gasteiger partial charge in [-0.2, -0.15) is 11.8 Å². The Morgan fingerprint density at radius 3 is 1.88 bits per heavy atom. The molecule has 1 aromatic rings. The second-order valence-electron chi connectivity index (χ2n) is 11.3. The number of carboxylic acid groups (broad SMARTS) is 1. The molecule has 1 aliphatic rings. The molecule has 41 heavy (non-hydrogen) atoms. The molecule has 1 aliphatic heterocycles. The molecule has 0 aromatic heterocycles. The van der Waals surface area contributed by atoms with Crippen molar-refractivity contribution in [1.29, 1.82) is 0 Å². The van der Waals surface area contributed by atoms with Gasteiger partial charge in [0.25, 0.3) is 0 Å². The first-order chi connectivity index (χ1) is 20.0. The van der Waals surface area contributed by atoms with Gasteiger partial charge in [-0.3, -0.25) is 4.79 Å². The topological polar surface area (TPSA) is 54.4 Å². The number of carbonyl (C=O) groups excluding carboxylic acids is 1. The van der Waals surface area contributed by atoms with E-state index in [2.05, 4.69) is 49.1 Å². The highest BCUT2D eigenvalue weighted by atomic mass is 32.3. The maximum atomic E-state index is 13.4. The minimum atomic E-state index is -0.950. The largest absolute Gasteiger partial charge is 0.478 e. The predicted molar refractivity (Wildman–Crippen MR) is 189 cm³/mol. The highest BCUT2D eigenvalue weighted by molar-refractivity contribution is 8.34. The minimum Gasteiger partial charge on any atom is -0.478 e. The van der Waals surface area contributed by atoms with Gasteiger partial charge in [0.2, 0.25) is 0 Å². The van der Waals surface area contributed by atoms with E-state index in [1.54, 1.807) is 24.3 Å². The Hall–Kier alpha value is -0.240. The van der Waals surface area contributed by atoms with Gasteiger partial charge in [0.05, 0.1) is 10.8 Å². The number of hydrogen-bond donors (Lipinski definition) is 1. The zero-order valence-electron chi connectivity index (χ0n) is 25.8. The molecule has 0 saturated carbocycles. The van der Waals surface area contributed by atoms with Gasteiger partial charge in [-0.1, -0.05) is 116 Å². The van der Waals surface area contributed by atoms with Crippen molar-refractivity contribution in [2.24, 2.45) is 0 Å². The van der Waals surface area contributed by atoms with E-state index in [9.17, 15) is 14.7 Å². The van der Waals surface area contributed by atoms with Crippen LogP contribution in [0.15, 0.2) is 24.3 Å². The number of thioether (sulfide) groups is 4. The van der Waals surface area contributed by atoms with Crippen LogP contribution in [0.2, 0.25) is 0 Å². The Morgan fingerprint density at radius 2 is 1.29 bits per heavy atom. The van der Waals surface area contributed by atoms with Gasteiger partial charge in [0.1, 0.15) is 3.41 Å². The van der Waals surface area contributed by atoms with Crippen LogP contribution in [0.5, 0.6) is 0 Å². The summed E-state index contributed by atoms with van der Waals surface area (Å²) >= 11 is 8.40. The fourth-order valence-electron chi connectivity index (χ4n) is 5.21. The Kier molecular flexibility index (Phi) is 20.9. The monoisotopic (exact) mass is 640 g/mol. The first-order valence-electron chi connectivity index (χ1n) is 16.4. The molecule has 1 atom stereocenters. The molecule has 0 spiro atoms. The van der Waals surface area contributed by atoms with E-state index in [0.29, 0.717) is 8.97 Å². The average Bonchev–Trinajstić information content (AvgIpc) is 2.99. The summed E-state index contributed by atoms with van der Waals surface area (Å²) in [5, 5.41) is 9.19. The van der Waals surface area contributed by atoms with Crippen LogP contribution >= 0.6 is 47.0 Å². The van der Waals surface area contributed by atoms with Crippen molar-refractivity contribution in [1.82, 2.24) is 0 Å². The third kappa shape index (κ3) is 15.9. The molecular weight excluding hydrogens is 585 g/mol. The van der Waals surface area contributed by atoms with Crippen LogP contribution < -0.4 is 0 Å². The zero-order chi connectivity index (χ0) is 29.6. The van der Waals surface area contributed by atoms with Crippen LogP contribution in [0, 0.1) is 0 Å². The molecular formula is C34H56O3S4. The molecule has 1 heterocycles. The summed E-state index contributed by atoms with van der Waals surface area (Å²) in [6, 6.07) is 6.52. The normalized spacial score (nSPS) is 15.6. The number of carboxylic acids is 1. The first kappa shape index (κ1) is 36.9. The summed E-state index contributed by atoms with van der Waals surface area (Å²) in [6.07, 6.45) is 23.0. The van der Waals surface area contributed by atoms with Gasteiger partial charge in [0.15, 0.2) is 5.78 Å². The number of unbranched alkanes of at least 4 members (excludes halogenated alkanes) is 12. The van der Waals surface area contributed by atoms with Crippen molar-refractivity contribution < 1.29 is 14.7 Å². The number of aromatic carboxylic acids is 1. The number of carbonyl (C=O) groups is 2. The molecule has 1 N–H and O–H groups in total. The summed E-state index contributed by atoms with van der Waals surface area (Å²) in [7, 11) is 0. The molecule has 0 bridgehead atoms. The minimum absolute atomic E-state index is 0.0357. The second-order valence-corrected chi connectivity index (χ2v) is 17.6. The number of benzene rings is 1. The number of rotatable bonds is 25. The fraction of sp³-hybridized carbons (Fsp3) is 0.765. The number of Topliss-reactive ketones (excluding diaryl/α,β-unsaturated/α-hetero) is 1. The number of ketones is 1. The lowest BCUT2D eigenvalue weighted by atomic mass is 10.0. The Morgan fingerprint density at radius 1 is 0.756 bits per heavy atom. The highest BCUT2D eigenvalue weighted by Gasteiger charge is 2.33. The van der Waals surface area contributed by atoms with Gasteiger partial charge in [-0.25, -0.2) is 4.79 Å². The molecule has 1 fully saturated rings. The molecule has 1 saturated heterocycles. The second kappa shape index (κ2) is 23.2. The molecule has 1 unspecified atom stereocenters. The zero-order valence-corrected chi connectivity index (χ0v) is 29.1. The molecule has 1 aromatic carbocycles. The van der Waals surface area contributed by atoms with E-state index in [1.807, 2.05) is 11.8 Å². The van der Waals surface area contributed by atoms with Gasteiger partial charge in [-0.15, -0.1) is 35.3 Å². The van der Waals surface area contributed by atoms with Crippen molar-refractivity contribution in [3.8, 4) is 0 Å². The fourth-order valence-corrected chi connectivity index (χ4v) is 12.0. The first-order valence-corrected chi connectivity index (χ1v) is 20.4. The molecule has 0 amide bonds. The van der Waals surface area contributed by atoms with Crippen LogP contribution in [-0.4, -0.2) is 48.5 Å². The van der Waals surface area contributed by atoms with E-state index in [-0.39, 0.29) is 16.6 Å². The molecule has 0 radical (unpaired) electrons. The van der Waals surface area contributed by atoms with Gasteiger partial charge >= 0.3 is 5.97 Å². The van der Waals surface area contributed by atoms with Crippen LogP contribution in [0.25, 0.3) is 0 Å². The molecule has 7 heteroatoms.